The van der Waals surface area contributed by atoms with E-state index in [0.29, 0.717) is 5.95 Å². The number of aryl methyl sites for hydroxylation is 2. The van der Waals surface area contributed by atoms with Gasteiger partial charge in [-0.2, -0.15) is 4.98 Å². The zero-order valence-electron chi connectivity index (χ0n) is 17.6. The van der Waals surface area contributed by atoms with Gasteiger partial charge in [0.05, 0.1) is 11.4 Å². The van der Waals surface area contributed by atoms with Crippen LogP contribution in [0.5, 0.6) is 0 Å². The number of anilines is 2. The third-order valence-corrected chi connectivity index (χ3v) is 5.29. The Hall–Kier alpha value is -3.67. The van der Waals surface area contributed by atoms with E-state index in [0.717, 1.165) is 39.1 Å². The lowest BCUT2D eigenvalue weighted by Crippen LogP contribution is -2.26. The van der Waals surface area contributed by atoms with E-state index in [-0.39, 0.29) is 11.6 Å². The van der Waals surface area contributed by atoms with Crippen LogP contribution in [0.4, 0.5) is 11.8 Å². The second-order valence-electron chi connectivity index (χ2n) is 7.43. The highest BCUT2D eigenvalue weighted by Crippen LogP contribution is 2.26. The second-order valence-corrected chi connectivity index (χ2v) is 7.43. The maximum Gasteiger partial charge on any atom is 0.263 e. The summed E-state index contributed by atoms with van der Waals surface area (Å²) in [5, 5.41) is 8.11. The SMILES string of the molecule is CNc1ncc(C)c(N[C@@H](C)c2cc3cccc(C)c3c(=O)n2-c2ccccc2)n1. The molecule has 0 aliphatic heterocycles. The van der Waals surface area contributed by atoms with E-state index in [1.807, 2.05) is 69.3 Å². The lowest BCUT2D eigenvalue weighted by molar-refractivity contribution is 0.771. The van der Waals surface area contributed by atoms with Crippen molar-refractivity contribution in [1.82, 2.24) is 14.5 Å². The van der Waals surface area contributed by atoms with Gasteiger partial charge in [-0.3, -0.25) is 9.36 Å². The van der Waals surface area contributed by atoms with Gasteiger partial charge in [-0.05, 0) is 49.9 Å². The summed E-state index contributed by atoms with van der Waals surface area (Å²) in [6, 6.07) is 17.6. The molecule has 2 N–H and O–H groups in total. The first-order valence-corrected chi connectivity index (χ1v) is 9.98. The normalized spacial score (nSPS) is 12.0. The van der Waals surface area contributed by atoms with E-state index >= 15 is 0 Å². The van der Waals surface area contributed by atoms with Gasteiger partial charge in [0.2, 0.25) is 5.95 Å². The lowest BCUT2D eigenvalue weighted by atomic mass is 10.0. The van der Waals surface area contributed by atoms with Gasteiger partial charge in [-0.1, -0.05) is 36.4 Å². The number of para-hydroxylation sites is 1. The Morgan fingerprint density at radius 2 is 1.77 bits per heavy atom. The predicted octanol–water partition coefficient (Wildman–Crippen LogP) is 4.61. The Bertz CT molecular complexity index is 1260. The molecule has 0 bridgehead atoms. The average molecular weight is 399 g/mol. The highest BCUT2D eigenvalue weighted by Gasteiger charge is 2.18. The molecule has 6 heteroatoms. The minimum absolute atomic E-state index is 0.0178. The highest BCUT2D eigenvalue weighted by molar-refractivity contribution is 5.85. The molecular formula is C24H25N5O. The van der Waals surface area contributed by atoms with Crippen LogP contribution in [0.1, 0.15) is 29.8 Å². The molecule has 2 aromatic carbocycles. The van der Waals surface area contributed by atoms with Crippen molar-refractivity contribution in [3.05, 3.63) is 88.0 Å². The Labute approximate surface area is 175 Å². The molecule has 0 unspecified atom stereocenters. The number of nitrogens with one attached hydrogen (secondary N) is 2. The van der Waals surface area contributed by atoms with Gasteiger partial charge in [-0.25, -0.2) is 4.98 Å². The van der Waals surface area contributed by atoms with Gasteiger partial charge in [0.25, 0.3) is 5.56 Å². The topological polar surface area (TPSA) is 71.8 Å². The molecule has 0 aliphatic carbocycles. The van der Waals surface area contributed by atoms with Crippen molar-refractivity contribution in [1.29, 1.82) is 0 Å². The second kappa shape index (κ2) is 7.99. The molecule has 0 radical (unpaired) electrons. The van der Waals surface area contributed by atoms with Crippen molar-refractivity contribution < 1.29 is 0 Å². The van der Waals surface area contributed by atoms with Crippen molar-refractivity contribution in [2.75, 3.05) is 17.7 Å². The van der Waals surface area contributed by atoms with E-state index < -0.39 is 0 Å². The van der Waals surface area contributed by atoms with Gasteiger partial charge in [0.15, 0.2) is 0 Å². The Kier molecular flexibility index (Phi) is 5.23. The highest BCUT2D eigenvalue weighted by atomic mass is 16.1. The van der Waals surface area contributed by atoms with Crippen LogP contribution in [0.15, 0.2) is 65.6 Å². The zero-order chi connectivity index (χ0) is 21.3. The van der Waals surface area contributed by atoms with Crippen LogP contribution in [0, 0.1) is 13.8 Å². The Balaban J connectivity index is 1.90. The summed E-state index contributed by atoms with van der Waals surface area (Å²) in [6.45, 7) is 5.98. The minimum atomic E-state index is -0.166. The zero-order valence-corrected chi connectivity index (χ0v) is 17.6. The molecular weight excluding hydrogens is 374 g/mol. The van der Waals surface area contributed by atoms with E-state index in [2.05, 4.69) is 26.7 Å². The fraction of sp³-hybridized carbons (Fsp3) is 0.208. The molecule has 4 rings (SSSR count). The first kappa shape index (κ1) is 19.6. The maximum absolute atomic E-state index is 13.6. The van der Waals surface area contributed by atoms with E-state index in [9.17, 15) is 4.79 Å². The van der Waals surface area contributed by atoms with E-state index in [1.165, 1.54) is 0 Å². The number of rotatable bonds is 5. The summed E-state index contributed by atoms with van der Waals surface area (Å²) in [4.78, 5) is 22.4. The third kappa shape index (κ3) is 3.52. The molecule has 6 nitrogen and oxygen atoms in total. The fourth-order valence-corrected chi connectivity index (χ4v) is 3.71. The van der Waals surface area contributed by atoms with Gasteiger partial charge in [-0.15, -0.1) is 0 Å². The van der Waals surface area contributed by atoms with E-state index in [4.69, 9.17) is 0 Å². The Morgan fingerprint density at radius 1 is 1.00 bits per heavy atom. The van der Waals surface area contributed by atoms with Crippen LogP contribution in [-0.4, -0.2) is 21.6 Å². The number of pyridine rings is 1. The summed E-state index contributed by atoms with van der Waals surface area (Å²) in [5.74, 6) is 1.28. The number of nitrogens with zero attached hydrogens (tertiary/aromatic N) is 3. The maximum atomic E-state index is 13.6. The van der Waals surface area contributed by atoms with Crippen LogP contribution >= 0.6 is 0 Å². The molecule has 0 saturated heterocycles. The first-order valence-electron chi connectivity index (χ1n) is 9.98. The molecule has 0 saturated carbocycles. The van der Waals surface area contributed by atoms with Crippen molar-refractivity contribution in [3.63, 3.8) is 0 Å². The van der Waals surface area contributed by atoms with Crippen LogP contribution in [-0.2, 0) is 0 Å². The molecule has 4 aromatic rings. The van der Waals surface area contributed by atoms with Gasteiger partial charge >= 0.3 is 0 Å². The number of hydrogen-bond donors (Lipinski definition) is 2. The molecule has 30 heavy (non-hydrogen) atoms. The number of hydrogen-bond acceptors (Lipinski definition) is 5. The number of benzene rings is 2. The van der Waals surface area contributed by atoms with Gasteiger partial charge in [0, 0.05) is 30.2 Å². The monoisotopic (exact) mass is 399 g/mol. The number of fused-ring (bicyclic) bond motifs is 1. The summed E-state index contributed by atoms with van der Waals surface area (Å²) < 4.78 is 1.79. The molecule has 0 amide bonds. The molecule has 0 fully saturated rings. The van der Waals surface area contributed by atoms with Crippen LogP contribution < -0.4 is 16.2 Å². The fourth-order valence-electron chi connectivity index (χ4n) is 3.71. The summed E-state index contributed by atoms with van der Waals surface area (Å²) in [6.07, 6.45) is 1.78. The molecule has 1 atom stereocenters. The average Bonchev–Trinajstić information content (AvgIpc) is 2.75. The standard InChI is InChI=1S/C24H25N5O/c1-15-9-8-10-18-13-20(17(3)27-22-16(2)14-26-24(25-4)28-22)29(23(30)21(15)18)19-11-6-5-7-12-19/h5-14,17H,1-4H3,(H2,25,26,27,28)/t17-/m0/s1. The van der Waals surface area contributed by atoms with Crippen LogP contribution in [0.3, 0.4) is 0 Å². The van der Waals surface area contributed by atoms with Crippen LogP contribution in [0.2, 0.25) is 0 Å². The Morgan fingerprint density at radius 3 is 2.50 bits per heavy atom. The predicted molar refractivity (Wildman–Crippen MR) is 123 cm³/mol. The van der Waals surface area contributed by atoms with Crippen molar-refractivity contribution in [3.8, 4) is 5.69 Å². The molecule has 2 heterocycles. The largest absolute Gasteiger partial charge is 0.362 e. The lowest BCUT2D eigenvalue weighted by Gasteiger charge is -2.22. The number of aromatic nitrogens is 3. The summed E-state index contributed by atoms with van der Waals surface area (Å²) >= 11 is 0. The summed E-state index contributed by atoms with van der Waals surface area (Å²) in [7, 11) is 1.79. The molecule has 0 aliphatic rings. The van der Waals surface area contributed by atoms with E-state index in [1.54, 1.807) is 17.8 Å². The smallest absolute Gasteiger partial charge is 0.263 e. The van der Waals surface area contributed by atoms with Gasteiger partial charge < -0.3 is 10.6 Å². The molecule has 152 valence electrons. The molecule has 0 spiro atoms. The quantitative estimate of drug-likeness (QED) is 0.513. The molecule has 2 aromatic heterocycles. The third-order valence-electron chi connectivity index (χ3n) is 5.29. The first-order chi connectivity index (χ1) is 14.5. The minimum Gasteiger partial charge on any atom is -0.362 e. The van der Waals surface area contributed by atoms with Crippen molar-refractivity contribution in [2.45, 2.75) is 26.8 Å². The van der Waals surface area contributed by atoms with Crippen LogP contribution in [0.25, 0.3) is 16.5 Å². The van der Waals surface area contributed by atoms with Crippen molar-refractivity contribution >= 4 is 22.5 Å². The van der Waals surface area contributed by atoms with Crippen molar-refractivity contribution in [2.24, 2.45) is 0 Å². The van der Waals surface area contributed by atoms with Gasteiger partial charge in [0.1, 0.15) is 5.82 Å². The summed E-state index contributed by atoms with van der Waals surface area (Å²) in [5.41, 5.74) is 3.60.